The van der Waals surface area contributed by atoms with Crippen LogP contribution >= 0.6 is 0 Å². The van der Waals surface area contributed by atoms with Crippen LogP contribution in [0.15, 0.2) is 42.6 Å². The monoisotopic (exact) mass is 472 g/mol. The van der Waals surface area contributed by atoms with Gasteiger partial charge in [-0.1, -0.05) is 0 Å². The third-order valence-corrected chi connectivity index (χ3v) is 6.08. The Bertz CT molecular complexity index is 1000. The number of hydrogen-bond acceptors (Lipinski definition) is 6. The number of nitrogens with two attached hydrogens (primary N) is 1. The molecule has 184 valence electrons. The van der Waals surface area contributed by atoms with Gasteiger partial charge in [0.1, 0.15) is 11.5 Å². The topological polar surface area (TPSA) is 89.3 Å². The van der Waals surface area contributed by atoms with Crippen molar-refractivity contribution in [3.63, 3.8) is 0 Å². The second-order valence-corrected chi connectivity index (χ2v) is 8.24. The third-order valence-electron chi connectivity index (χ3n) is 6.08. The predicted octanol–water partition coefficient (Wildman–Crippen LogP) is 3.41. The molecule has 0 aromatic heterocycles. The first-order valence-electron chi connectivity index (χ1n) is 11.1. The summed E-state index contributed by atoms with van der Waals surface area (Å²) in [6, 6.07) is 10.1. The van der Waals surface area contributed by atoms with Gasteiger partial charge in [0, 0.05) is 50.6 Å². The number of carbonyl (C=O) groups is 1. The van der Waals surface area contributed by atoms with Gasteiger partial charge in [-0.15, -0.1) is 0 Å². The zero-order valence-electron chi connectivity index (χ0n) is 20.1. The summed E-state index contributed by atoms with van der Waals surface area (Å²) in [6.07, 6.45) is 3.10. The van der Waals surface area contributed by atoms with Gasteiger partial charge in [-0.3, -0.25) is 4.90 Å². The van der Waals surface area contributed by atoms with E-state index in [1.54, 1.807) is 32.2 Å². The summed E-state index contributed by atoms with van der Waals surface area (Å²) < 4.78 is 29.5. The van der Waals surface area contributed by atoms with Crippen LogP contribution in [0.2, 0.25) is 0 Å². The second kappa shape index (κ2) is 11.6. The Morgan fingerprint density at radius 3 is 2.32 bits per heavy atom. The Kier molecular flexibility index (Phi) is 8.59. The van der Waals surface area contributed by atoms with Crippen molar-refractivity contribution in [2.45, 2.75) is 25.4 Å². The Balaban J connectivity index is 1.52. The minimum absolute atomic E-state index is 0.115. The van der Waals surface area contributed by atoms with Crippen molar-refractivity contribution >= 4 is 11.7 Å². The lowest BCUT2D eigenvalue weighted by atomic mass is 10.0. The number of ether oxygens (including phenoxy) is 3. The SMILES string of the molecule is COc1cc(CN2CCC(N(C)C(=O)N/C=C(\N)c3ccc(OC)c(F)c3)CC2)cc(OC)c1. The summed E-state index contributed by atoms with van der Waals surface area (Å²) in [5, 5.41) is 2.71. The van der Waals surface area contributed by atoms with Crippen molar-refractivity contribution in [2.75, 3.05) is 41.5 Å². The van der Waals surface area contributed by atoms with Crippen molar-refractivity contribution in [1.82, 2.24) is 15.1 Å². The minimum Gasteiger partial charge on any atom is -0.497 e. The van der Waals surface area contributed by atoms with Crippen molar-refractivity contribution < 1.29 is 23.4 Å². The Hall–Kier alpha value is -3.46. The normalized spacial score (nSPS) is 15.0. The van der Waals surface area contributed by atoms with Gasteiger partial charge in [0.25, 0.3) is 0 Å². The maximum Gasteiger partial charge on any atom is 0.321 e. The first kappa shape index (κ1) is 25.2. The fourth-order valence-corrected chi connectivity index (χ4v) is 4.02. The van der Waals surface area contributed by atoms with Gasteiger partial charge in [-0.05, 0) is 48.7 Å². The van der Waals surface area contributed by atoms with Crippen LogP contribution in [0.25, 0.3) is 5.70 Å². The largest absolute Gasteiger partial charge is 0.497 e. The molecule has 1 saturated heterocycles. The molecule has 0 saturated carbocycles. The van der Waals surface area contributed by atoms with E-state index in [1.165, 1.54) is 25.4 Å². The number of halogens is 1. The molecular weight excluding hydrogens is 439 g/mol. The lowest BCUT2D eigenvalue weighted by Crippen LogP contribution is -2.47. The first-order chi connectivity index (χ1) is 16.3. The molecule has 1 heterocycles. The lowest BCUT2D eigenvalue weighted by molar-refractivity contribution is 0.132. The van der Waals surface area contributed by atoms with Crippen molar-refractivity contribution in [1.29, 1.82) is 0 Å². The molecule has 9 heteroatoms. The Morgan fingerprint density at radius 2 is 1.76 bits per heavy atom. The molecule has 0 bridgehead atoms. The zero-order valence-corrected chi connectivity index (χ0v) is 20.1. The van der Waals surface area contributed by atoms with Gasteiger partial charge >= 0.3 is 6.03 Å². The van der Waals surface area contributed by atoms with E-state index in [1.807, 2.05) is 18.2 Å². The third kappa shape index (κ3) is 6.32. The molecule has 34 heavy (non-hydrogen) atoms. The highest BCUT2D eigenvalue weighted by Gasteiger charge is 2.25. The molecule has 0 radical (unpaired) electrons. The maximum atomic E-state index is 13.9. The van der Waals surface area contributed by atoms with Gasteiger partial charge in [0.05, 0.1) is 27.0 Å². The molecule has 3 N–H and O–H groups in total. The van der Waals surface area contributed by atoms with Crippen LogP contribution in [-0.2, 0) is 6.54 Å². The van der Waals surface area contributed by atoms with Gasteiger partial charge in [0.2, 0.25) is 0 Å². The zero-order chi connectivity index (χ0) is 24.7. The van der Waals surface area contributed by atoms with Crippen molar-refractivity contribution in [3.8, 4) is 17.2 Å². The average Bonchev–Trinajstić information content (AvgIpc) is 2.86. The summed E-state index contributed by atoms with van der Waals surface area (Å²) in [4.78, 5) is 16.7. The van der Waals surface area contributed by atoms with Crippen LogP contribution in [0.3, 0.4) is 0 Å². The molecule has 3 rings (SSSR count). The molecule has 1 fully saturated rings. The Labute approximate surface area is 200 Å². The molecule has 0 unspecified atom stereocenters. The van der Waals surface area contributed by atoms with Gasteiger partial charge in [0.15, 0.2) is 11.6 Å². The van der Waals surface area contributed by atoms with Crippen LogP contribution in [-0.4, -0.2) is 63.3 Å². The van der Waals surface area contributed by atoms with E-state index in [2.05, 4.69) is 10.2 Å². The highest BCUT2D eigenvalue weighted by molar-refractivity contribution is 5.77. The number of urea groups is 1. The maximum absolute atomic E-state index is 13.9. The molecular formula is C25H33FN4O4. The van der Waals surface area contributed by atoms with Crippen LogP contribution in [0, 0.1) is 5.82 Å². The number of carbonyl (C=O) groups excluding carboxylic acids is 1. The Morgan fingerprint density at radius 1 is 1.12 bits per heavy atom. The fraction of sp³-hybridized carbons (Fsp3) is 0.400. The van der Waals surface area contributed by atoms with E-state index in [0.717, 1.165) is 49.5 Å². The summed E-state index contributed by atoms with van der Waals surface area (Å²) in [7, 11) is 6.46. The summed E-state index contributed by atoms with van der Waals surface area (Å²) in [6.45, 7) is 2.52. The number of rotatable bonds is 8. The number of likely N-dealkylation sites (tertiary alicyclic amines) is 1. The number of benzene rings is 2. The highest BCUT2D eigenvalue weighted by atomic mass is 19.1. The van der Waals surface area contributed by atoms with Crippen LogP contribution in [0.5, 0.6) is 17.2 Å². The molecule has 0 aliphatic carbocycles. The number of hydrogen-bond donors (Lipinski definition) is 2. The van der Waals surface area contributed by atoms with E-state index in [9.17, 15) is 9.18 Å². The number of amides is 2. The molecule has 0 spiro atoms. The highest BCUT2D eigenvalue weighted by Crippen LogP contribution is 2.25. The summed E-state index contributed by atoms with van der Waals surface area (Å²) in [5.74, 6) is 1.16. The second-order valence-electron chi connectivity index (χ2n) is 8.24. The first-order valence-corrected chi connectivity index (χ1v) is 11.1. The van der Waals surface area contributed by atoms with Gasteiger partial charge in [-0.2, -0.15) is 0 Å². The van der Waals surface area contributed by atoms with E-state index < -0.39 is 5.82 Å². The van der Waals surface area contributed by atoms with Gasteiger partial charge < -0.3 is 30.2 Å². The number of nitrogens with zero attached hydrogens (tertiary/aromatic N) is 2. The lowest BCUT2D eigenvalue weighted by Gasteiger charge is -2.36. The molecule has 2 aromatic carbocycles. The predicted molar refractivity (Wildman–Crippen MR) is 129 cm³/mol. The van der Waals surface area contributed by atoms with E-state index in [0.29, 0.717) is 5.56 Å². The quantitative estimate of drug-likeness (QED) is 0.612. The number of methoxy groups -OCH3 is 3. The molecule has 2 aromatic rings. The van der Waals surface area contributed by atoms with E-state index in [-0.39, 0.29) is 23.5 Å². The fourth-order valence-electron chi connectivity index (χ4n) is 4.02. The summed E-state index contributed by atoms with van der Waals surface area (Å²) in [5.41, 5.74) is 7.85. The standard InChI is InChI=1S/C25H33FN4O4/c1-29(25(31)28-15-23(27)18-5-6-24(34-4)22(26)13-18)19-7-9-30(10-8-19)16-17-11-20(32-2)14-21(12-17)33-3/h5-6,11-15,19H,7-10,16,27H2,1-4H3,(H,28,31)/b23-15-. The molecule has 1 aliphatic heterocycles. The van der Waals surface area contributed by atoms with E-state index >= 15 is 0 Å². The molecule has 1 aliphatic rings. The van der Waals surface area contributed by atoms with Gasteiger partial charge in [-0.25, -0.2) is 9.18 Å². The van der Waals surface area contributed by atoms with Crippen LogP contribution < -0.4 is 25.3 Å². The van der Waals surface area contributed by atoms with Crippen molar-refractivity contribution in [3.05, 3.63) is 59.5 Å². The number of nitrogens with one attached hydrogen (secondary N) is 1. The van der Waals surface area contributed by atoms with Crippen LogP contribution in [0.1, 0.15) is 24.0 Å². The smallest absolute Gasteiger partial charge is 0.321 e. The minimum atomic E-state index is -0.515. The van der Waals surface area contributed by atoms with Crippen molar-refractivity contribution in [2.24, 2.45) is 5.73 Å². The number of piperidine rings is 1. The molecule has 0 atom stereocenters. The molecule has 8 nitrogen and oxygen atoms in total. The summed E-state index contributed by atoms with van der Waals surface area (Å²) >= 11 is 0. The molecule has 2 amide bonds. The van der Waals surface area contributed by atoms with E-state index in [4.69, 9.17) is 19.9 Å². The van der Waals surface area contributed by atoms with Crippen LogP contribution in [0.4, 0.5) is 9.18 Å². The average molecular weight is 473 g/mol.